The number of nitrogens with two attached hydrogens (primary N) is 3. The van der Waals surface area contributed by atoms with E-state index in [9.17, 15) is 0 Å². The van der Waals surface area contributed by atoms with Gasteiger partial charge in [-0.25, -0.2) is 4.99 Å². The Kier molecular flexibility index (Phi) is 9.84. The van der Waals surface area contributed by atoms with Gasteiger partial charge in [0.2, 0.25) is 11.9 Å². The van der Waals surface area contributed by atoms with Crippen molar-refractivity contribution in [2.75, 3.05) is 7.05 Å². The highest BCUT2D eigenvalue weighted by Gasteiger charge is 2.03. The second-order valence-electron chi connectivity index (χ2n) is 4.05. The maximum atomic E-state index is 7.27. The summed E-state index contributed by atoms with van der Waals surface area (Å²) in [5.74, 6) is 1.01. The van der Waals surface area contributed by atoms with Crippen LogP contribution in [0, 0.1) is 16.2 Å². The van der Waals surface area contributed by atoms with Crippen LogP contribution in [-0.2, 0) is 0 Å². The van der Waals surface area contributed by atoms with E-state index in [-0.39, 0.29) is 17.8 Å². The smallest absolute Gasteiger partial charge is 0.245 e. The molecule has 10 nitrogen and oxygen atoms in total. The number of rotatable bonds is 0. The van der Waals surface area contributed by atoms with Crippen LogP contribution >= 0.6 is 0 Å². The lowest BCUT2D eigenvalue weighted by Crippen LogP contribution is -2.30. The van der Waals surface area contributed by atoms with Crippen LogP contribution in [0.25, 0.3) is 0 Å². The van der Waals surface area contributed by atoms with Crippen molar-refractivity contribution >= 4 is 35.3 Å². The molecule has 0 radical (unpaired) electrons. The topological polar surface area (TPSA) is 190 Å². The van der Waals surface area contributed by atoms with Gasteiger partial charge < -0.3 is 22.1 Å². The average molecular weight is 296 g/mol. The molecule has 118 valence electrons. The van der Waals surface area contributed by atoms with Gasteiger partial charge in [0.15, 0.2) is 0 Å². The van der Waals surface area contributed by atoms with Crippen molar-refractivity contribution in [3.05, 3.63) is 0 Å². The maximum Gasteiger partial charge on any atom is 0.245 e. The Morgan fingerprint density at radius 1 is 0.762 bits per heavy atom. The van der Waals surface area contributed by atoms with E-state index in [0.29, 0.717) is 17.5 Å². The Morgan fingerprint density at radius 2 is 1.10 bits per heavy atom. The standard InChI is InChI=1S/C6H13N5.C5H11N5/c1-4(7)10-6(9)11(3)5(2)8;1-3(6)9-5(8)10-4(2)7/h8H,1-3H3,(H3,7,9,10);1-2H3,(H5,6,7,8,9,10). The Labute approximate surface area is 124 Å². The van der Waals surface area contributed by atoms with Crippen molar-refractivity contribution in [1.29, 1.82) is 16.2 Å². The van der Waals surface area contributed by atoms with Gasteiger partial charge >= 0.3 is 0 Å². The Bertz CT molecular complexity index is 453. The zero-order chi connectivity index (χ0) is 17.2. The van der Waals surface area contributed by atoms with E-state index in [1.54, 1.807) is 34.7 Å². The molecule has 10 heteroatoms. The predicted molar refractivity (Wildman–Crippen MR) is 88.5 cm³/mol. The lowest BCUT2D eigenvalue weighted by molar-refractivity contribution is 0.722. The van der Waals surface area contributed by atoms with Gasteiger partial charge in [0.25, 0.3) is 0 Å². The van der Waals surface area contributed by atoms with Crippen LogP contribution in [0.15, 0.2) is 15.0 Å². The summed E-state index contributed by atoms with van der Waals surface area (Å²) in [5.41, 5.74) is 15.6. The van der Waals surface area contributed by atoms with Gasteiger partial charge in [-0.3, -0.25) is 16.2 Å². The van der Waals surface area contributed by atoms with Crippen LogP contribution in [0.4, 0.5) is 0 Å². The molecule has 0 amide bonds. The lowest BCUT2D eigenvalue weighted by atomic mass is 10.6. The highest BCUT2D eigenvalue weighted by Crippen LogP contribution is 1.87. The molecule has 9 N–H and O–H groups in total. The van der Waals surface area contributed by atoms with Gasteiger partial charge in [-0.05, 0) is 27.7 Å². The number of hydrogen-bond acceptors (Lipinski definition) is 3. The first-order valence-electron chi connectivity index (χ1n) is 5.85. The fraction of sp³-hybridized carbons (Fsp3) is 0.455. The van der Waals surface area contributed by atoms with E-state index in [1.165, 1.54) is 4.90 Å². The first-order chi connectivity index (χ1) is 9.47. The van der Waals surface area contributed by atoms with Crippen molar-refractivity contribution in [1.82, 2.24) is 4.90 Å². The van der Waals surface area contributed by atoms with Crippen LogP contribution in [0.2, 0.25) is 0 Å². The molecule has 0 unspecified atom stereocenters. The van der Waals surface area contributed by atoms with E-state index in [0.717, 1.165) is 0 Å². The van der Waals surface area contributed by atoms with Gasteiger partial charge in [-0.1, -0.05) is 0 Å². The second kappa shape index (κ2) is 10.1. The SMILES string of the molecule is CC(=N)N(C)C(=N)N=C(C)N.CC(N)=NC(=N)N=C(C)N. The lowest BCUT2D eigenvalue weighted by Gasteiger charge is -2.13. The molecule has 0 fully saturated rings. The number of nitrogens with zero attached hydrogens (tertiary/aromatic N) is 4. The van der Waals surface area contributed by atoms with Crippen molar-refractivity contribution < 1.29 is 0 Å². The fourth-order valence-electron chi connectivity index (χ4n) is 0.760. The summed E-state index contributed by atoms with van der Waals surface area (Å²) in [6, 6.07) is 0. The second-order valence-corrected chi connectivity index (χ2v) is 4.05. The fourth-order valence-corrected chi connectivity index (χ4v) is 0.760. The van der Waals surface area contributed by atoms with Crippen LogP contribution in [0.1, 0.15) is 27.7 Å². The third-order valence-corrected chi connectivity index (χ3v) is 1.67. The van der Waals surface area contributed by atoms with Crippen molar-refractivity contribution in [3.63, 3.8) is 0 Å². The van der Waals surface area contributed by atoms with Gasteiger partial charge in [0, 0.05) is 7.05 Å². The molecule has 0 atom stereocenters. The van der Waals surface area contributed by atoms with Gasteiger partial charge in [-0.15, -0.1) is 0 Å². The number of hydrogen-bond donors (Lipinski definition) is 6. The molecule has 0 aliphatic rings. The maximum absolute atomic E-state index is 7.27. The van der Waals surface area contributed by atoms with E-state index in [2.05, 4.69) is 15.0 Å². The molecule has 0 aliphatic heterocycles. The van der Waals surface area contributed by atoms with Crippen LogP contribution in [0.5, 0.6) is 0 Å². The van der Waals surface area contributed by atoms with Crippen LogP contribution < -0.4 is 17.2 Å². The Morgan fingerprint density at radius 3 is 1.33 bits per heavy atom. The number of amidine groups is 4. The highest BCUT2D eigenvalue weighted by molar-refractivity contribution is 6.01. The van der Waals surface area contributed by atoms with E-state index >= 15 is 0 Å². The van der Waals surface area contributed by atoms with Gasteiger partial charge in [0.05, 0.1) is 23.3 Å². The molecule has 0 spiro atoms. The molecular weight excluding hydrogens is 272 g/mol. The Balaban J connectivity index is 0. The molecule has 0 heterocycles. The average Bonchev–Trinajstić information content (AvgIpc) is 2.25. The predicted octanol–water partition coefficient (Wildman–Crippen LogP) is -0.0974. The number of guanidine groups is 2. The minimum absolute atomic E-state index is 0.0162. The third kappa shape index (κ3) is 13.5. The molecule has 0 aromatic heterocycles. The first kappa shape index (κ1) is 20.5. The largest absolute Gasteiger partial charge is 0.387 e. The minimum atomic E-state index is -0.167. The summed E-state index contributed by atoms with van der Waals surface area (Å²) >= 11 is 0. The highest BCUT2D eigenvalue weighted by atomic mass is 15.3. The zero-order valence-corrected chi connectivity index (χ0v) is 13.0. The molecule has 0 saturated heterocycles. The number of nitrogens with one attached hydrogen (secondary N) is 3. The van der Waals surface area contributed by atoms with E-state index in [4.69, 9.17) is 33.4 Å². The zero-order valence-electron chi connectivity index (χ0n) is 13.0. The summed E-state index contributed by atoms with van der Waals surface area (Å²) < 4.78 is 0. The normalized spacial score (nSPS) is 12.1. The van der Waals surface area contributed by atoms with Crippen LogP contribution in [0.3, 0.4) is 0 Å². The molecule has 0 aliphatic carbocycles. The molecule has 0 aromatic rings. The summed E-state index contributed by atoms with van der Waals surface area (Å²) in [6.45, 7) is 6.34. The molecule has 0 rings (SSSR count). The third-order valence-electron chi connectivity index (χ3n) is 1.67. The molecule has 0 bridgehead atoms. The molecule has 0 saturated carbocycles. The van der Waals surface area contributed by atoms with Crippen molar-refractivity contribution in [3.8, 4) is 0 Å². The summed E-state index contributed by atoms with van der Waals surface area (Å²) in [7, 11) is 1.59. The van der Waals surface area contributed by atoms with Gasteiger partial charge in [0.1, 0.15) is 0 Å². The monoisotopic (exact) mass is 296 g/mol. The minimum Gasteiger partial charge on any atom is -0.387 e. The molecular formula is C11H24N10. The molecule has 0 aromatic carbocycles. The number of aliphatic imine (C=N–C) groups is 3. The quantitative estimate of drug-likeness (QED) is 0.269. The summed E-state index contributed by atoms with van der Waals surface area (Å²) in [5, 5.41) is 21.4. The Hall–Kier alpha value is -2.78. The van der Waals surface area contributed by atoms with Crippen LogP contribution in [-0.4, -0.2) is 47.2 Å². The molecule has 21 heavy (non-hydrogen) atoms. The van der Waals surface area contributed by atoms with Crippen molar-refractivity contribution in [2.24, 2.45) is 32.2 Å². The van der Waals surface area contributed by atoms with Crippen molar-refractivity contribution in [2.45, 2.75) is 27.7 Å². The summed E-state index contributed by atoms with van der Waals surface area (Å²) in [6.07, 6.45) is 0. The first-order valence-corrected chi connectivity index (χ1v) is 5.85. The summed E-state index contributed by atoms with van der Waals surface area (Å²) in [4.78, 5) is 12.0. The van der Waals surface area contributed by atoms with E-state index < -0.39 is 0 Å². The van der Waals surface area contributed by atoms with Gasteiger partial charge in [-0.2, -0.15) is 9.98 Å². The van der Waals surface area contributed by atoms with E-state index in [1.807, 2.05) is 0 Å².